The fourth-order valence-corrected chi connectivity index (χ4v) is 4.53. The fourth-order valence-electron chi connectivity index (χ4n) is 2.96. The Kier molecular flexibility index (Phi) is 5.14. The van der Waals surface area contributed by atoms with Crippen LogP contribution in [0.4, 0.5) is 0 Å². The summed E-state index contributed by atoms with van der Waals surface area (Å²) in [6, 6.07) is 15.1. The minimum Gasteiger partial charge on any atom is -0.484 e. The first-order valence-corrected chi connectivity index (χ1v) is 10.4. The van der Waals surface area contributed by atoms with Crippen molar-refractivity contribution in [3.63, 3.8) is 0 Å². The first-order chi connectivity index (χ1) is 13.4. The van der Waals surface area contributed by atoms with Gasteiger partial charge < -0.3 is 10.5 Å². The molecule has 142 valence electrons. The molecule has 28 heavy (non-hydrogen) atoms. The summed E-state index contributed by atoms with van der Waals surface area (Å²) in [5, 5.41) is 1.40. The van der Waals surface area contributed by atoms with Gasteiger partial charge in [0.1, 0.15) is 28.1 Å². The highest BCUT2D eigenvalue weighted by Crippen LogP contribution is 2.37. The molecule has 0 unspecified atom stereocenters. The number of benzene rings is 2. The predicted molar refractivity (Wildman–Crippen MR) is 116 cm³/mol. The number of halogens is 2. The lowest BCUT2D eigenvalue weighted by Gasteiger charge is -2.16. The number of primary amides is 1. The lowest BCUT2D eigenvalue weighted by atomic mass is 10.1. The Morgan fingerprint density at radius 2 is 2.07 bits per heavy atom. The van der Waals surface area contributed by atoms with Crippen molar-refractivity contribution in [1.29, 1.82) is 0 Å². The number of nitrogens with zero attached hydrogens (tertiary/aromatic N) is 2. The minimum atomic E-state index is -0.537. The van der Waals surface area contributed by atoms with Crippen molar-refractivity contribution in [3.05, 3.63) is 74.8 Å². The number of ether oxygens (including phenoxy) is 1. The number of amides is 1. The summed E-state index contributed by atoms with van der Waals surface area (Å²) >= 11 is 11.0. The SMILES string of the molecule is C[C@@H](Oc1cc(-n2cnc3cc(Br)ccc32)sc1C(N)=O)c1ccccc1Cl. The zero-order valence-corrected chi connectivity index (χ0v) is 17.9. The molecule has 0 aliphatic heterocycles. The van der Waals surface area contributed by atoms with E-state index in [9.17, 15) is 4.79 Å². The smallest absolute Gasteiger partial charge is 0.262 e. The van der Waals surface area contributed by atoms with Gasteiger partial charge in [0.15, 0.2) is 0 Å². The van der Waals surface area contributed by atoms with E-state index in [-0.39, 0.29) is 6.10 Å². The summed E-state index contributed by atoms with van der Waals surface area (Å²) in [5.74, 6) is -0.108. The molecule has 8 heteroatoms. The summed E-state index contributed by atoms with van der Waals surface area (Å²) in [4.78, 5) is 16.8. The van der Waals surface area contributed by atoms with E-state index in [0.29, 0.717) is 15.6 Å². The summed E-state index contributed by atoms with van der Waals surface area (Å²) in [5.41, 5.74) is 8.20. The van der Waals surface area contributed by atoms with Gasteiger partial charge in [-0.15, -0.1) is 11.3 Å². The quantitative estimate of drug-likeness (QED) is 0.399. The second-order valence-corrected chi connectivity index (χ2v) is 8.52. The Hall–Kier alpha value is -2.35. The maximum absolute atomic E-state index is 12.0. The molecule has 4 rings (SSSR count). The number of imidazole rings is 1. The van der Waals surface area contributed by atoms with E-state index in [2.05, 4.69) is 20.9 Å². The van der Waals surface area contributed by atoms with Crippen molar-refractivity contribution >= 4 is 55.8 Å². The Bertz CT molecular complexity index is 1190. The molecular weight excluding hydrogens is 462 g/mol. The van der Waals surface area contributed by atoms with E-state index in [1.165, 1.54) is 11.3 Å². The van der Waals surface area contributed by atoms with Crippen molar-refractivity contribution in [3.8, 4) is 10.8 Å². The van der Waals surface area contributed by atoms with Gasteiger partial charge in [-0.2, -0.15) is 0 Å². The number of aromatic nitrogens is 2. The van der Waals surface area contributed by atoms with Gasteiger partial charge in [0.25, 0.3) is 5.91 Å². The minimum absolute atomic E-state index is 0.343. The Labute approximate surface area is 178 Å². The monoisotopic (exact) mass is 475 g/mol. The highest BCUT2D eigenvalue weighted by Gasteiger charge is 2.20. The number of nitrogens with two attached hydrogens (primary N) is 1. The summed E-state index contributed by atoms with van der Waals surface area (Å²) in [6.07, 6.45) is 1.37. The van der Waals surface area contributed by atoms with E-state index < -0.39 is 5.91 Å². The van der Waals surface area contributed by atoms with E-state index in [1.807, 2.05) is 47.9 Å². The fraction of sp³-hybridized carbons (Fsp3) is 0.100. The number of rotatable bonds is 5. The third-order valence-corrected chi connectivity index (χ3v) is 6.27. The van der Waals surface area contributed by atoms with Crippen molar-refractivity contribution in [2.24, 2.45) is 5.73 Å². The molecule has 2 aromatic carbocycles. The van der Waals surface area contributed by atoms with Crippen LogP contribution in [0.1, 0.15) is 28.3 Å². The standard InChI is InChI=1S/C20H15BrClN3O2S/c1-11(13-4-2-3-5-14(13)22)27-17-9-18(28-19(17)20(23)26)25-10-24-15-8-12(21)6-7-16(15)25/h2-11H,1H3,(H2,23,26)/t11-/m1/s1. The molecule has 4 aromatic rings. The van der Waals surface area contributed by atoms with Gasteiger partial charge in [-0.25, -0.2) is 4.98 Å². The van der Waals surface area contributed by atoms with E-state index in [4.69, 9.17) is 22.1 Å². The van der Waals surface area contributed by atoms with Crippen molar-refractivity contribution < 1.29 is 9.53 Å². The van der Waals surface area contributed by atoms with Crippen LogP contribution in [0.5, 0.6) is 5.75 Å². The third-order valence-electron chi connectivity index (χ3n) is 4.30. The average molecular weight is 477 g/mol. The van der Waals surface area contributed by atoms with Crippen LogP contribution in [0.15, 0.2) is 59.3 Å². The number of hydrogen-bond acceptors (Lipinski definition) is 4. The molecule has 0 saturated heterocycles. The zero-order valence-electron chi connectivity index (χ0n) is 14.7. The Morgan fingerprint density at radius 1 is 1.29 bits per heavy atom. The van der Waals surface area contributed by atoms with E-state index in [0.717, 1.165) is 26.1 Å². The molecule has 0 aliphatic carbocycles. The normalized spacial score (nSPS) is 12.2. The number of carbonyl (C=O) groups excluding carboxylic acids is 1. The van der Waals surface area contributed by atoms with Gasteiger partial charge in [0.2, 0.25) is 0 Å². The third kappa shape index (κ3) is 3.53. The van der Waals surface area contributed by atoms with Gasteiger partial charge in [-0.3, -0.25) is 9.36 Å². The van der Waals surface area contributed by atoms with Gasteiger partial charge in [-0.1, -0.05) is 45.7 Å². The predicted octanol–water partition coefficient (Wildman–Crippen LogP) is 5.74. The second-order valence-electron chi connectivity index (χ2n) is 6.17. The second kappa shape index (κ2) is 7.58. The average Bonchev–Trinajstić information content (AvgIpc) is 3.25. The molecular formula is C20H15BrClN3O2S. The van der Waals surface area contributed by atoms with Crippen LogP contribution in [0, 0.1) is 0 Å². The van der Waals surface area contributed by atoms with Crippen LogP contribution in [0.25, 0.3) is 16.0 Å². The topological polar surface area (TPSA) is 70.1 Å². The van der Waals surface area contributed by atoms with E-state index >= 15 is 0 Å². The van der Waals surface area contributed by atoms with Crippen molar-refractivity contribution in [1.82, 2.24) is 9.55 Å². The largest absolute Gasteiger partial charge is 0.484 e. The molecule has 0 bridgehead atoms. The summed E-state index contributed by atoms with van der Waals surface area (Å²) in [6.45, 7) is 1.88. The van der Waals surface area contributed by atoms with Gasteiger partial charge in [0.05, 0.1) is 11.0 Å². The van der Waals surface area contributed by atoms with Crippen LogP contribution >= 0.6 is 38.9 Å². The van der Waals surface area contributed by atoms with Crippen LogP contribution in [0.2, 0.25) is 5.02 Å². The lowest BCUT2D eigenvalue weighted by Crippen LogP contribution is -2.12. The highest BCUT2D eigenvalue weighted by atomic mass is 79.9. The van der Waals surface area contributed by atoms with Crippen LogP contribution in [-0.4, -0.2) is 15.5 Å². The van der Waals surface area contributed by atoms with Crippen molar-refractivity contribution in [2.45, 2.75) is 13.0 Å². The summed E-state index contributed by atoms with van der Waals surface area (Å²) < 4.78 is 8.93. The molecule has 2 aromatic heterocycles. The molecule has 2 N–H and O–H groups in total. The lowest BCUT2D eigenvalue weighted by molar-refractivity contribution is 0.0998. The summed E-state index contributed by atoms with van der Waals surface area (Å²) in [7, 11) is 0. The first kappa shape index (κ1) is 19.0. The number of fused-ring (bicyclic) bond motifs is 1. The van der Waals surface area contributed by atoms with Crippen LogP contribution in [0.3, 0.4) is 0 Å². The van der Waals surface area contributed by atoms with Gasteiger partial charge in [-0.05, 0) is 31.2 Å². The van der Waals surface area contributed by atoms with Gasteiger partial charge in [0, 0.05) is 21.1 Å². The Balaban J connectivity index is 1.73. The molecule has 0 saturated carbocycles. The zero-order chi connectivity index (χ0) is 19.8. The van der Waals surface area contributed by atoms with Crippen LogP contribution in [-0.2, 0) is 0 Å². The molecule has 2 heterocycles. The molecule has 0 fully saturated rings. The first-order valence-electron chi connectivity index (χ1n) is 8.41. The number of carbonyl (C=O) groups is 1. The van der Waals surface area contributed by atoms with E-state index in [1.54, 1.807) is 18.5 Å². The molecule has 0 aliphatic rings. The van der Waals surface area contributed by atoms with Crippen LogP contribution < -0.4 is 10.5 Å². The van der Waals surface area contributed by atoms with Gasteiger partial charge >= 0.3 is 0 Å². The maximum Gasteiger partial charge on any atom is 0.262 e. The molecule has 5 nitrogen and oxygen atoms in total. The molecule has 1 amide bonds. The number of hydrogen-bond donors (Lipinski definition) is 1. The Morgan fingerprint density at radius 3 is 2.82 bits per heavy atom. The molecule has 0 spiro atoms. The van der Waals surface area contributed by atoms with Crippen molar-refractivity contribution in [2.75, 3.05) is 0 Å². The maximum atomic E-state index is 12.0. The number of thiophene rings is 1. The molecule has 1 atom stereocenters. The highest BCUT2D eigenvalue weighted by molar-refractivity contribution is 9.10. The molecule has 0 radical (unpaired) electrons.